The maximum Gasteiger partial charge on any atom is 0.318 e. The fourth-order valence-electron chi connectivity index (χ4n) is 2.39. The van der Waals surface area contributed by atoms with Gasteiger partial charge in [-0.25, -0.2) is 0 Å². The van der Waals surface area contributed by atoms with E-state index in [0.29, 0.717) is 0 Å². The van der Waals surface area contributed by atoms with E-state index in [9.17, 15) is 14.7 Å². The van der Waals surface area contributed by atoms with Gasteiger partial charge in [0.15, 0.2) is 0 Å². The number of carbonyl (C=O) groups excluding carboxylic acids is 1. The SMILES string of the molecule is CC1CCc2ccccc2N1C(=O)C(C)(C)C(=O)O. The second kappa shape index (κ2) is 4.68. The topological polar surface area (TPSA) is 57.6 Å². The van der Waals surface area contributed by atoms with Crippen LogP contribution in [0.15, 0.2) is 24.3 Å². The van der Waals surface area contributed by atoms with Gasteiger partial charge >= 0.3 is 5.97 Å². The van der Waals surface area contributed by atoms with Crippen molar-refractivity contribution < 1.29 is 14.7 Å². The Morgan fingerprint density at radius 2 is 1.95 bits per heavy atom. The molecule has 0 aliphatic carbocycles. The van der Waals surface area contributed by atoms with Crippen molar-refractivity contribution in [2.75, 3.05) is 4.90 Å². The van der Waals surface area contributed by atoms with Gasteiger partial charge in [0.05, 0.1) is 0 Å². The summed E-state index contributed by atoms with van der Waals surface area (Å²) in [4.78, 5) is 25.5. The molecule has 0 fully saturated rings. The molecule has 1 unspecified atom stereocenters. The van der Waals surface area contributed by atoms with E-state index >= 15 is 0 Å². The Balaban J connectivity index is 2.44. The maximum absolute atomic E-state index is 12.6. The predicted molar refractivity (Wildman–Crippen MR) is 73.1 cm³/mol. The number of nitrogens with zero attached hydrogens (tertiary/aromatic N) is 1. The lowest BCUT2D eigenvalue weighted by atomic mass is 9.88. The number of hydrogen-bond acceptors (Lipinski definition) is 2. The predicted octanol–water partition coefficient (Wildman–Crippen LogP) is 2.47. The Morgan fingerprint density at radius 1 is 1.32 bits per heavy atom. The van der Waals surface area contributed by atoms with E-state index in [1.807, 2.05) is 31.2 Å². The number of para-hydroxylation sites is 1. The lowest BCUT2D eigenvalue weighted by Gasteiger charge is -2.38. The van der Waals surface area contributed by atoms with Gasteiger partial charge in [0.1, 0.15) is 5.41 Å². The molecule has 0 radical (unpaired) electrons. The van der Waals surface area contributed by atoms with Crippen molar-refractivity contribution in [3.63, 3.8) is 0 Å². The first-order valence-corrected chi connectivity index (χ1v) is 6.50. The number of fused-ring (bicyclic) bond motifs is 1. The van der Waals surface area contributed by atoms with E-state index < -0.39 is 11.4 Å². The minimum atomic E-state index is -1.40. The van der Waals surface area contributed by atoms with Gasteiger partial charge in [-0.1, -0.05) is 18.2 Å². The molecular formula is C15H19NO3. The van der Waals surface area contributed by atoms with Crippen molar-refractivity contribution in [3.05, 3.63) is 29.8 Å². The number of carboxylic acids is 1. The van der Waals surface area contributed by atoms with E-state index in [4.69, 9.17) is 0 Å². The molecule has 1 aromatic rings. The quantitative estimate of drug-likeness (QED) is 0.832. The Bertz CT molecular complexity index is 522. The van der Waals surface area contributed by atoms with Gasteiger partial charge in [0, 0.05) is 11.7 Å². The number of anilines is 1. The largest absolute Gasteiger partial charge is 0.480 e. The number of rotatable bonds is 2. The van der Waals surface area contributed by atoms with Gasteiger partial charge in [-0.2, -0.15) is 0 Å². The molecule has 2 rings (SSSR count). The van der Waals surface area contributed by atoms with Crippen LogP contribution in [0.3, 0.4) is 0 Å². The van der Waals surface area contributed by atoms with E-state index in [1.54, 1.807) is 4.90 Å². The number of aliphatic carboxylic acids is 1. The third-order valence-corrected chi connectivity index (χ3v) is 3.81. The van der Waals surface area contributed by atoms with Crippen molar-refractivity contribution in [2.45, 2.75) is 39.7 Å². The second-order valence-electron chi connectivity index (χ2n) is 5.62. The molecule has 1 aliphatic rings. The van der Waals surface area contributed by atoms with Crippen molar-refractivity contribution in [2.24, 2.45) is 5.41 Å². The molecule has 1 heterocycles. The smallest absolute Gasteiger partial charge is 0.318 e. The van der Waals surface area contributed by atoms with E-state index in [2.05, 4.69) is 0 Å². The molecule has 0 bridgehead atoms. The highest BCUT2D eigenvalue weighted by Crippen LogP contribution is 2.34. The number of aryl methyl sites for hydroxylation is 1. The minimum Gasteiger partial charge on any atom is -0.480 e. The van der Waals surface area contributed by atoms with Crippen LogP contribution in [0, 0.1) is 5.41 Å². The standard InChI is InChI=1S/C15H19NO3/c1-10-8-9-11-6-4-5-7-12(11)16(10)13(17)15(2,3)14(18)19/h4-7,10H,8-9H2,1-3H3,(H,18,19). The van der Waals surface area contributed by atoms with Gasteiger partial charge in [0.25, 0.3) is 0 Å². The van der Waals surface area contributed by atoms with Crippen LogP contribution in [-0.2, 0) is 16.0 Å². The molecule has 0 spiro atoms. The number of carbonyl (C=O) groups is 2. The van der Waals surface area contributed by atoms with E-state index in [1.165, 1.54) is 13.8 Å². The summed E-state index contributed by atoms with van der Waals surface area (Å²) >= 11 is 0. The minimum absolute atomic E-state index is 0.0287. The summed E-state index contributed by atoms with van der Waals surface area (Å²) < 4.78 is 0. The second-order valence-corrected chi connectivity index (χ2v) is 5.62. The lowest BCUT2D eigenvalue weighted by Crippen LogP contribution is -2.50. The Kier molecular flexibility index (Phi) is 3.35. The Hall–Kier alpha value is -1.84. The van der Waals surface area contributed by atoms with Crippen molar-refractivity contribution in [1.82, 2.24) is 0 Å². The average molecular weight is 261 g/mol. The first-order valence-electron chi connectivity index (χ1n) is 6.50. The van der Waals surface area contributed by atoms with Crippen molar-refractivity contribution in [1.29, 1.82) is 0 Å². The molecule has 1 aliphatic heterocycles. The van der Waals surface area contributed by atoms with Gasteiger partial charge < -0.3 is 10.0 Å². The number of amides is 1. The summed E-state index contributed by atoms with van der Waals surface area (Å²) in [6.07, 6.45) is 1.78. The van der Waals surface area contributed by atoms with Gasteiger partial charge in [0.2, 0.25) is 5.91 Å². The molecule has 1 amide bonds. The summed E-state index contributed by atoms with van der Waals surface area (Å²) in [5, 5.41) is 9.23. The first-order chi connectivity index (χ1) is 8.85. The van der Waals surface area contributed by atoms with Crippen LogP contribution in [0.25, 0.3) is 0 Å². The first kappa shape index (κ1) is 13.6. The fourth-order valence-corrected chi connectivity index (χ4v) is 2.39. The fraction of sp³-hybridized carbons (Fsp3) is 0.467. The number of carboxylic acid groups (broad SMARTS) is 1. The van der Waals surface area contributed by atoms with Crippen LogP contribution >= 0.6 is 0 Å². The summed E-state index contributed by atoms with van der Waals surface area (Å²) in [6.45, 7) is 4.88. The molecule has 1 atom stereocenters. The lowest BCUT2D eigenvalue weighted by molar-refractivity contribution is -0.152. The zero-order chi connectivity index (χ0) is 14.2. The van der Waals surface area contributed by atoms with Crippen LogP contribution in [0.1, 0.15) is 32.8 Å². The molecule has 1 N–H and O–H groups in total. The number of hydrogen-bond donors (Lipinski definition) is 1. The Morgan fingerprint density at radius 3 is 2.58 bits per heavy atom. The summed E-state index contributed by atoms with van der Waals surface area (Å²) in [5.74, 6) is -1.44. The molecule has 102 valence electrons. The van der Waals surface area contributed by atoms with Crippen LogP contribution in [0.2, 0.25) is 0 Å². The highest BCUT2D eigenvalue weighted by molar-refractivity contribution is 6.09. The van der Waals surface area contributed by atoms with E-state index in [0.717, 1.165) is 24.1 Å². The number of benzene rings is 1. The van der Waals surface area contributed by atoms with E-state index in [-0.39, 0.29) is 11.9 Å². The Labute approximate surface area is 113 Å². The third-order valence-electron chi connectivity index (χ3n) is 3.81. The monoisotopic (exact) mass is 261 g/mol. The van der Waals surface area contributed by atoms with Crippen molar-refractivity contribution >= 4 is 17.6 Å². The zero-order valence-corrected chi connectivity index (χ0v) is 11.5. The van der Waals surface area contributed by atoms with Crippen molar-refractivity contribution in [3.8, 4) is 0 Å². The molecular weight excluding hydrogens is 242 g/mol. The molecule has 19 heavy (non-hydrogen) atoms. The normalized spacial score (nSPS) is 18.9. The molecule has 0 saturated heterocycles. The molecule has 4 nitrogen and oxygen atoms in total. The maximum atomic E-state index is 12.6. The molecule has 4 heteroatoms. The highest BCUT2D eigenvalue weighted by atomic mass is 16.4. The van der Waals surface area contributed by atoms with Crippen LogP contribution in [0.4, 0.5) is 5.69 Å². The average Bonchev–Trinajstić information content (AvgIpc) is 2.37. The van der Waals surface area contributed by atoms with Gasteiger partial charge in [-0.3, -0.25) is 9.59 Å². The zero-order valence-electron chi connectivity index (χ0n) is 11.5. The van der Waals surface area contributed by atoms with Crippen LogP contribution in [0.5, 0.6) is 0 Å². The summed E-state index contributed by atoms with van der Waals surface area (Å²) in [6, 6.07) is 7.74. The van der Waals surface area contributed by atoms with Crippen LogP contribution in [-0.4, -0.2) is 23.0 Å². The summed E-state index contributed by atoms with van der Waals surface area (Å²) in [5.41, 5.74) is 0.550. The third kappa shape index (κ3) is 2.23. The summed E-state index contributed by atoms with van der Waals surface area (Å²) in [7, 11) is 0. The molecule has 0 aromatic heterocycles. The molecule has 1 aromatic carbocycles. The van der Waals surface area contributed by atoms with Gasteiger partial charge in [-0.05, 0) is 45.2 Å². The molecule has 0 saturated carbocycles. The highest BCUT2D eigenvalue weighted by Gasteiger charge is 2.42. The van der Waals surface area contributed by atoms with Crippen LogP contribution < -0.4 is 4.90 Å². The van der Waals surface area contributed by atoms with Gasteiger partial charge in [-0.15, -0.1) is 0 Å².